The summed E-state index contributed by atoms with van der Waals surface area (Å²) in [5.74, 6) is -0.990. The molecule has 8 nitrogen and oxygen atoms in total. The van der Waals surface area contributed by atoms with E-state index in [9.17, 15) is 14.0 Å². The van der Waals surface area contributed by atoms with Gasteiger partial charge in [-0.1, -0.05) is 59.3 Å². The predicted molar refractivity (Wildman–Crippen MR) is 140 cm³/mol. The first kappa shape index (κ1) is 25.5. The second-order valence-corrected chi connectivity index (χ2v) is 9.58. The second kappa shape index (κ2) is 11.5. The van der Waals surface area contributed by atoms with Crippen LogP contribution in [0.25, 0.3) is 11.0 Å². The van der Waals surface area contributed by atoms with E-state index in [4.69, 9.17) is 4.74 Å². The molecule has 1 aromatic heterocycles. The molecule has 1 aliphatic heterocycles. The maximum Gasteiger partial charge on any atom is 0.247 e. The van der Waals surface area contributed by atoms with Gasteiger partial charge in [-0.3, -0.25) is 9.59 Å². The lowest BCUT2D eigenvalue weighted by Crippen LogP contribution is -2.46. The number of hydrogen-bond donors (Lipinski definition) is 1. The Labute approximate surface area is 220 Å². The minimum absolute atomic E-state index is 0.0413. The quantitative estimate of drug-likeness (QED) is 0.365. The number of carbonyl (C=O) groups is 2. The number of hydrogen-bond acceptors (Lipinski definition) is 5. The molecular formula is C29H30FN5O3. The third kappa shape index (κ3) is 5.89. The van der Waals surface area contributed by atoms with Gasteiger partial charge in [-0.15, -0.1) is 5.10 Å². The fourth-order valence-electron chi connectivity index (χ4n) is 4.70. The lowest BCUT2D eigenvalue weighted by atomic mass is 10.0. The minimum Gasteiger partial charge on any atom is -0.376 e. The highest BCUT2D eigenvalue weighted by Gasteiger charge is 2.32. The number of fused-ring (bicyclic) bond motifs is 1. The number of nitrogens with zero attached hydrogens (tertiary/aromatic N) is 4. The van der Waals surface area contributed by atoms with Crippen LogP contribution in [-0.4, -0.2) is 51.0 Å². The van der Waals surface area contributed by atoms with Crippen molar-refractivity contribution in [2.45, 2.75) is 45.0 Å². The molecule has 0 bridgehead atoms. The molecule has 0 spiro atoms. The van der Waals surface area contributed by atoms with Gasteiger partial charge in [0.15, 0.2) is 0 Å². The minimum atomic E-state index is -0.913. The highest BCUT2D eigenvalue weighted by molar-refractivity contribution is 5.89. The number of para-hydroxylation sites is 1. The van der Waals surface area contributed by atoms with Gasteiger partial charge in [0.2, 0.25) is 11.8 Å². The maximum absolute atomic E-state index is 13.9. The molecule has 1 fully saturated rings. The second-order valence-electron chi connectivity index (χ2n) is 9.58. The highest BCUT2D eigenvalue weighted by Crippen LogP contribution is 2.26. The number of halogens is 1. The molecule has 2 atom stereocenters. The molecule has 5 rings (SSSR count). The van der Waals surface area contributed by atoms with E-state index >= 15 is 0 Å². The molecule has 196 valence electrons. The summed E-state index contributed by atoms with van der Waals surface area (Å²) in [5, 5.41) is 11.3. The van der Waals surface area contributed by atoms with E-state index in [0.29, 0.717) is 29.8 Å². The van der Waals surface area contributed by atoms with E-state index in [1.807, 2.05) is 55.5 Å². The molecule has 2 amide bonds. The molecular weight excluding hydrogens is 485 g/mol. The van der Waals surface area contributed by atoms with Gasteiger partial charge in [0.05, 0.1) is 11.6 Å². The Balaban J connectivity index is 1.49. The average molecular weight is 516 g/mol. The molecule has 3 aromatic carbocycles. The van der Waals surface area contributed by atoms with Crippen LogP contribution in [0.15, 0.2) is 72.8 Å². The van der Waals surface area contributed by atoms with Gasteiger partial charge < -0.3 is 15.0 Å². The van der Waals surface area contributed by atoms with Crippen LogP contribution >= 0.6 is 0 Å². The molecule has 4 aromatic rings. The predicted octanol–water partition coefficient (Wildman–Crippen LogP) is 3.94. The van der Waals surface area contributed by atoms with Crippen molar-refractivity contribution in [3.8, 4) is 0 Å². The zero-order chi connectivity index (χ0) is 26.5. The summed E-state index contributed by atoms with van der Waals surface area (Å²) in [4.78, 5) is 29.2. The van der Waals surface area contributed by atoms with Crippen LogP contribution in [0.3, 0.4) is 0 Å². The van der Waals surface area contributed by atoms with E-state index in [1.54, 1.807) is 12.1 Å². The molecule has 1 saturated heterocycles. The van der Waals surface area contributed by atoms with Crippen LogP contribution in [-0.2, 0) is 27.4 Å². The van der Waals surface area contributed by atoms with E-state index in [2.05, 4.69) is 15.6 Å². The fraction of sp³-hybridized carbons (Fsp3) is 0.310. The Hall–Kier alpha value is -4.11. The Bertz CT molecular complexity index is 1400. The molecule has 0 aliphatic carbocycles. The SMILES string of the molecule is Cc1ccc([C@@H](C(=O)NC[C@H]2CCCO2)N(Cc2ccc(F)cc2)C(=O)Cn2nnc3ccccc32)cc1. The van der Waals surface area contributed by atoms with E-state index < -0.39 is 6.04 Å². The molecule has 0 unspecified atom stereocenters. The Kier molecular flexibility index (Phi) is 7.74. The maximum atomic E-state index is 13.9. The first-order valence-corrected chi connectivity index (χ1v) is 12.8. The average Bonchev–Trinajstić information content (AvgIpc) is 3.60. The highest BCUT2D eigenvalue weighted by atomic mass is 19.1. The van der Waals surface area contributed by atoms with Crippen molar-refractivity contribution in [1.29, 1.82) is 0 Å². The lowest BCUT2D eigenvalue weighted by molar-refractivity contribution is -0.142. The van der Waals surface area contributed by atoms with Crippen LogP contribution in [0.4, 0.5) is 4.39 Å². The zero-order valence-electron chi connectivity index (χ0n) is 21.2. The number of aryl methyl sites for hydroxylation is 1. The summed E-state index contributed by atoms with van der Waals surface area (Å²) in [6.45, 7) is 3.02. The largest absolute Gasteiger partial charge is 0.376 e. The Morgan fingerprint density at radius 3 is 2.61 bits per heavy atom. The topological polar surface area (TPSA) is 89.4 Å². The summed E-state index contributed by atoms with van der Waals surface area (Å²) in [6, 6.07) is 20.0. The first-order valence-electron chi connectivity index (χ1n) is 12.8. The van der Waals surface area contributed by atoms with Gasteiger partial charge in [-0.2, -0.15) is 0 Å². The van der Waals surface area contributed by atoms with Crippen molar-refractivity contribution < 1.29 is 18.7 Å². The molecule has 0 saturated carbocycles. The zero-order valence-corrected chi connectivity index (χ0v) is 21.2. The number of amides is 2. The van der Waals surface area contributed by atoms with Crippen LogP contribution in [0.1, 0.15) is 35.6 Å². The monoisotopic (exact) mass is 515 g/mol. The Morgan fingerprint density at radius 1 is 1.11 bits per heavy atom. The number of aromatic nitrogens is 3. The van der Waals surface area contributed by atoms with Crippen molar-refractivity contribution in [2.24, 2.45) is 0 Å². The van der Waals surface area contributed by atoms with Gasteiger partial charge in [-0.25, -0.2) is 9.07 Å². The number of benzene rings is 3. The smallest absolute Gasteiger partial charge is 0.247 e. The lowest BCUT2D eigenvalue weighted by Gasteiger charge is -2.32. The van der Waals surface area contributed by atoms with Gasteiger partial charge in [0, 0.05) is 19.7 Å². The van der Waals surface area contributed by atoms with Crippen LogP contribution < -0.4 is 5.32 Å². The van der Waals surface area contributed by atoms with Crippen molar-refractivity contribution in [1.82, 2.24) is 25.2 Å². The third-order valence-corrected chi connectivity index (χ3v) is 6.77. The van der Waals surface area contributed by atoms with Gasteiger partial charge in [0.1, 0.15) is 23.9 Å². The number of carbonyl (C=O) groups excluding carboxylic acids is 2. The van der Waals surface area contributed by atoms with Crippen molar-refractivity contribution in [3.05, 3.63) is 95.3 Å². The van der Waals surface area contributed by atoms with Gasteiger partial charge in [0.25, 0.3) is 0 Å². The molecule has 1 aliphatic rings. The fourth-order valence-corrected chi connectivity index (χ4v) is 4.70. The number of nitrogens with one attached hydrogen (secondary N) is 1. The summed E-state index contributed by atoms with van der Waals surface area (Å²) < 4.78 is 20.9. The number of rotatable bonds is 9. The van der Waals surface area contributed by atoms with E-state index in [1.165, 1.54) is 21.7 Å². The molecule has 38 heavy (non-hydrogen) atoms. The standard InChI is InChI=1S/C29H30FN5O3/c1-20-8-12-22(13-9-20)28(29(37)31-17-24-5-4-16-38-24)34(18-21-10-14-23(30)15-11-21)27(36)19-35-26-7-3-2-6-25(26)32-33-35/h2-3,6-15,24,28H,4-5,16-19H2,1H3,(H,31,37)/t24-,28+/m1/s1. The van der Waals surface area contributed by atoms with Gasteiger partial charge in [-0.05, 0) is 55.2 Å². The molecule has 1 N–H and O–H groups in total. The number of ether oxygens (including phenoxy) is 1. The summed E-state index contributed by atoms with van der Waals surface area (Å²) in [5.41, 5.74) is 3.82. The van der Waals surface area contributed by atoms with Crippen LogP contribution in [0.5, 0.6) is 0 Å². The summed E-state index contributed by atoms with van der Waals surface area (Å²) in [6.07, 6.45) is 1.80. The third-order valence-electron chi connectivity index (χ3n) is 6.77. The van der Waals surface area contributed by atoms with E-state index in [-0.39, 0.29) is 36.8 Å². The molecule has 0 radical (unpaired) electrons. The van der Waals surface area contributed by atoms with E-state index in [0.717, 1.165) is 23.9 Å². The summed E-state index contributed by atoms with van der Waals surface area (Å²) >= 11 is 0. The molecule has 2 heterocycles. The van der Waals surface area contributed by atoms with Gasteiger partial charge >= 0.3 is 0 Å². The van der Waals surface area contributed by atoms with Crippen LogP contribution in [0.2, 0.25) is 0 Å². The molecule has 9 heteroatoms. The summed E-state index contributed by atoms with van der Waals surface area (Å²) in [7, 11) is 0. The Morgan fingerprint density at radius 2 is 1.87 bits per heavy atom. The first-order chi connectivity index (χ1) is 18.5. The van der Waals surface area contributed by atoms with Crippen molar-refractivity contribution >= 4 is 22.8 Å². The normalized spacial score (nSPS) is 15.9. The van der Waals surface area contributed by atoms with Crippen molar-refractivity contribution in [2.75, 3.05) is 13.2 Å². The van der Waals surface area contributed by atoms with Crippen LogP contribution in [0, 0.1) is 12.7 Å². The van der Waals surface area contributed by atoms with Crippen molar-refractivity contribution in [3.63, 3.8) is 0 Å².